The summed E-state index contributed by atoms with van der Waals surface area (Å²) < 4.78 is 0. The molecular formula is C7H12N2O3S. The van der Waals surface area contributed by atoms with Gasteiger partial charge in [0.05, 0.1) is 24.5 Å². The van der Waals surface area contributed by atoms with E-state index in [4.69, 9.17) is 15.5 Å². The predicted molar refractivity (Wildman–Crippen MR) is 49.0 cm³/mol. The van der Waals surface area contributed by atoms with Gasteiger partial charge in [-0.2, -0.15) is 5.26 Å². The van der Waals surface area contributed by atoms with E-state index in [2.05, 4.69) is 5.32 Å². The van der Waals surface area contributed by atoms with E-state index >= 15 is 0 Å². The molecule has 0 radical (unpaired) electrons. The highest BCUT2D eigenvalue weighted by Gasteiger charge is 2.04. The Labute approximate surface area is 80.7 Å². The first-order chi connectivity index (χ1) is 6.20. The van der Waals surface area contributed by atoms with Crippen LogP contribution in [0.3, 0.4) is 0 Å². The first-order valence-corrected chi connectivity index (χ1v) is 4.86. The second kappa shape index (κ2) is 7.86. The van der Waals surface area contributed by atoms with Gasteiger partial charge in [-0.05, 0) is 0 Å². The van der Waals surface area contributed by atoms with Crippen molar-refractivity contribution in [2.75, 3.05) is 24.7 Å². The zero-order valence-electron chi connectivity index (χ0n) is 7.06. The minimum absolute atomic E-state index is 0.00193. The van der Waals surface area contributed by atoms with Crippen LogP contribution in [0.15, 0.2) is 0 Å². The van der Waals surface area contributed by atoms with Gasteiger partial charge in [-0.1, -0.05) is 0 Å². The van der Waals surface area contributed by atoms with Gasteiger partial charge in [0.2, 0.25) is 5.91 Å². The fraction of sp³-hybridized carbons (Fsp3) is 0.714. The van der Waals surface area contributed by atoms with Crippen molar-refractivity contribution in [3.05, 3.63) is 0 Å². The molecule has 0 fully saturated rings. The molecule has 5 nitrogen and oxygen atoms in total. The van der Waals surface area contributed by atoms with E-state index in [0.717, 1.165) is 0 Å². The molecule has 0 aliphatic heterocycles. The third kappa shape index (κ3) is 7.59. The molecule has 0 spiro atoms. The number of nitrogens with zero attached hydrogens (tertiary/aromatic N) is 1. The van der Waals surface area contributed by atoms with Gasteiger partial charge in [0, 0.05) is 5.75 Å². The van der Waals surface area contributed by atoms with Crippen molar-refractivity contribution < 1.29 is 15.0 Å². The zero-order chi connectivity index (χ0) is 10.1. The minimum Gasteiger partial charge on any atom is -0.394 e. The standard InChI is InChI=1S/C7H12N2O3S/c8-1-2-9-7(12)5-13-4-6(11)3-10/h6,10-11H,2-5H2,(H,9,12). The molecule has 0 bridgehead atoms. The van der Waals surface area contributed by atoms with Gasteiger partial charge in [-0.25, -0.2) is 0 Å². The van der Waals surface area contributed by atoms with Crippen molar-refractivity contribution in [1.82, 2.24) is 5.32 Å². The highest BCUT2D eigenvalue weighted by Crippen LogP contribution is 2.01. The summed E-state index contributed by atoms with van der Waals surface area (Å²) in [5.74, 6) is 0.270. The fourth-order valence-corrected chi connectivity index (χ4v) is 1.31. The third-order valence-electron chi connectivity index (χ3n) is 1.12. The molecule has 1 amide bonds. The van der Waals surface area contributed by atoms with E-state index < -0.39 is 6.10 Å². The van der Waals surface area contributed by atoms with Gasteiger partial charge in [0.1, 0.15) is 6.54 Å². The van der Waals surface area contributed by atoms with Crippen molar-refractivity contribution in [2.24, 2.45) is 0 Å². The van der Waals surface area contributed by atoms with Crippen molar-refractivity contribution in [3.8, 4) is 6.07 Å². The molecule has 1 atom stereocenters. The van der Waals surface area contributed by atoms with E-state index in [-0.39, 0.29) is 24.8 Å². The Morgan fingerprint density at radius 2 is 2.38 bits per heavy atom. The van der Waals surface area contributed by atoms with Crippen LogP contribution in [0.1, 0.15) is 0 Å². The van der Waals surface area contributed by atoms with Crippen molar-refractivity contribution >= 4 is 17.7 Å². The summed E-state index contributed by atoms with van der Waals surface area (Å²) in [4.78, 5) is 10.8. The number of carbonyl (C=O) groups excluding carboxylic acids is 1. The number of aliphatic hydroxyl groups excluding tert-OH is 2. The molecule has 0 rings (SSSR count). The maximum Gasteiger partial charge on any atom is 0.230 e. The van der Waals surface area contributed by atoms with E-state index in [0.29, 0.717) is 5.75 Å². The number of hydrogen-bond donors (Lipinski definition) is 3. The van der Waals surface area contributed by atoms with Crippen LogP contribution >= 0.6 is 11.8 Å². The van der Waals surface area contributed by atoms with Gasteiger partial charge in [-0.3, -0.25) is 4.79 Å². The second-order valence-corrected chi connectivity index (χ2v) is 3.32. The summed E-state index contributed by atoms with van der Waals surface area (Å²) >= 11 is 1.21. The first kappa shape index (κ1) is 12.2. The molecule has 0 aromatic heterocycles. The molecule has 13 heavy (non-hydrogen) atoms. The lowest BCUT2D eigenvalue weighted by Crippen LogP contribution is -2.26. The number of nitriles is 1. The Kier molecular flexibility index (Phi) is 7.39. The number of hydrogen-bond acceptors (Lipinski definition) is 5. The minimum atomic E-state index is -0.784. The number of nitrogens with one attached hydrogen (secondary N) is 1. The molecule has 0 aromatic carbocycles. The highest BCUT2D eigenvalue weighted by molar-refractivity contribution is 7.99. The van der Waals surface area contributed by atoms with Crippen LogP contribution in [0, 0.1) is 11.3 Å². The van der Waals surface area contributed by atoms with E-state index in [1.54, 1.807) is 6.07 Å². The molecule has 0 saturated heterocycles. The number of thioether (sulfide) groups is 1. The molecule has 1 unspecified atom stereocenters. The molecule has 0 aromatic rings. The number of rotatable bonds is 6. The van der Waals surface area contributed by atoms with Crippen molar-refractivity contribution in [2.45, 2.75) is 6.10 Å². The van der Waals surface area contributed by atoms with Crippen LogP contribution in [0.5, 0.6) is 0 Å². The fourth-order valence-electron chi connectivity index (χ4n) is 0.530. The highest BCUT2D eigenvalue weighted by atomic mass is 32.2. The second-order valence-electron chi connectivity index (χ2n) is 2.29. The summed E-state index contributed by atoms with van der Waals surface area (Å²) in [7, 11) is 0. The van der Waals surface area contributed by atoms with Crippen LogP contribution in [-0.4, -0.2) is 46.9 Å². The van der Waals surface area contributed by atoms with Crippen LogP contribution in [0.4, 0.5) is 0 Å². The Balaban J connectivity index is 3.32. The molecule has 0 saturated carbocycles. The maximum absolute atomic E-state index is 10.8. The maximum atomic E-state index is 10.8. The molecule has 0 aliphatic rings. The van der Waals surface area contributed by atoms with Gasteiger partial charge in [-0.15, -0.1) is 11.8 Å². The number of amides is 1. The lowest BCUT2D eigenvalue weighted by atomic mass is 10.4. The molecular weight excluding hydrogens is 192 g/mol. The largest absolute Gasteiger partial charge is 0.394 e. The van der Waals surface area contributed by atoms with Crippen LogP contribution in [-0.2, 0) is 4.79 Å². The van der Waals surface area contributed by atoms with Crippen molar-refractivity contribution in [1.29, 1.82) is 5.26 Å². The van der Waals surface area contributed by atoms with E-state index in [1.165, 1.54) is 11.8 Å². The quantitative estimate of drug-likeness (QED) is 0.468. The number of carbonyl (C=O) groups is 1. The SMILES string of the molecule is N#CCNC(=O)CSCC(O)CO. The third-order valence-corrected chi connectivity index (χ3v) is 2.21. The summed E-state index contributed by atoms with van der Waals surface area (Å²) in [5, 5.41) is 27.8. The van der Waals surface area contributed by atoms with Gasteiger partial charge in [0.25, 0.3) is 0 Å². The smallest absolute Gasteiger partial charge is 0.230 e. The topological polar surface area (TPSA) is 93.4 Å². The van der Waals surface area contributed by atoms with Gasteiger partial charge >= 0.3 is 0 Å². The van der Waals surface area contributed by atoms with Crippen LogP contribution < -0.4 is 5.32 Å². The average Bonchev–Trinajstić information content (AvgIpc) is 2.14. The Morgan fingerprint density at radius 3 is 2.92 bits per heavy atom. The summed E-state index contributed by atoms with van der Waals surface area (Å²) in [6.07, 6.45) is -0.784. The molecule has 74 valence electrons. The zero-order valence-corrected chi connectivity index (χ0v) is 7.88. The predicted octanol–water partition coefficient (Wildman–Crippen LogP) is -1.29. The molecule has 0 aliphatic carbocycles. The molecule has 6 heteroatoms. The molecule has 3 N–H and O–H groups in total. The number of aliphatic hydroxyl groups is 2. The van der Waals surface area contributed by atoms with E-state index in [9.17, 15) is 4.79 Å². The van der Waals surface area contributed by atoms with Crippen LogP contribution in [0.25, 0.3) is 0 Å². The lowest BCUT2D eigenvalue weighted by Gasteiger charge is -2.05. The normalized spacial score (nSPS) is 11.8. The Bertz CT molecular complexity index is 193. The summed E-state index contributed by atoms with van der Waals surface area (Å²) in [5.41, 5.74) is 0. The van der Waals surface area contributed by atoms with Crippen molar-refractivity contribution in [3.63, 3.8) is 0 Å². The summed E-state index contributed by atoms with van der Waals surface area (Å²) in [6.45, 7) is -0.297. The molecule has 0 heterocycles. The lowest BCUT2D eigenvalue weighted by molar-refractivity contribution is -0.118. The summed E-state index contributed by atoms with van der Waals surface area (Å²) in [6, 6.07) is 1.78. The van der Waals surface area contributed by atoms with E-state index in [1.807, 2.05) is 0 Å². The Morgan fingerprint density at radius 1 is 1.69 bits per heavy atom. The van der Waals surface area contributed by atoms with Gasteiger partial charge < -0.3 is 15.5 Å². The monoisotopic (exact) mass is 204 g/mol. The van der Waals surface area contributed by atoms with Gasteiger partial charge in [0.15, 0.2) is 0 Å². The Hall–Kier alpha value is -0.770. The first-order valence-electron chi connectivity index (χ1n) is 3.71. The van der Waals surface area contributed by atoms with Crippen LogP contribution in [0.2, 0.25) is 0 Å². The average molecular weight is 204 g/mol.